The van der Waals surface area contributed by atoms with Gasteiger partial charge in [0.25, 0.3) is 11.8 Å². The van der Waals surface area contributed by atoms with Crippen molar-refractivity contribution in [2.45, 2.75) is 6.10 Å². The average molecular weight is 357 g/mol. The van der Waals surface area contributed by atoms with Gasteiger partial charge in [-0.25, -0.2) is 0 Å². The molecule has 6 heteroatoms. The maximum Gasteiger partial charge on any atom is 0.262 e. The Morgan fingerprint density at radius 3 is 2.64 bits per heavy atom. The number of nitrogens with zero attached hydrogens (tertiary/aromatic N) is 1. The Bertz CT molecular complexity index is 818. The van der Waals surface area contributed by atoms with Crippen molar-refractivity contribution < 1.29 is 14.3 Å². The standard InChI is InChI=1S/C19H17ClN2O3/c1-21-19(24)17-12-22(15-4-2-3-5-16(15)25-17)18(23)11-8-13-6-9-14(20)10-7-13/h2-11,17H,12H2,1H3,(H,21,24)/b11-8+/t17-/m1/s1. The number of nitrogens with one attached hydrogen (secondary N) is 1. The number of carbonyl (C=O) groups excluding carboxylic acids is 2. The van der Waals surface area contributed by atoms with E-state index in [4.69, 9.17) is 16.3 Å². The first-order valence-corrected chi connectivity index (χ1v) is 8.18. The van der Waals surface area contributed by atoms with Gasteiger partial charge in [0.1, 0.15) is 5.75 Å². The van der Waals surface area contributed by atoms with E-state index >= 15 is 0 Å². The summed E-state index contributed by atoms with van der Waals surface area (Å²) < 4.78 is 5.70. The highest BCUT2D eigenvalue weighted by Gasteiger charge is 2.32. The van der Waals surface area contributed by atoms with Gasteiger partial charge in [-0.15, -0.1) is 0 Å². The van der Waals surface area contributed by atoms with Crippen LogP contribution in [0.2, 0.25) is 5.02 Å². The van der Waals surface area contributed by atoms with Gasteiger partial charge in [-0.1, -0.05) is 35.9 Å². The summed E-state index contributed by atoms with van der Waals surface area (Å²) in [7, 11) is 1.54. The van der Waals surface area contributed by atoms with E-state index in [0.717, 1.165) is 5.56 Å². The summed E-state index contributed by atoms with van der Waals surface area (Å²) in [5.74, 6) is 0.0178. The van der Waals surface area contributed by atoms with Crippen molar-refractivity contribution in [1.82, 2.24) is 5.32 Å². The number of para-hydroxylation sites is 2. The minimum atomic E-state index is -0.743. The first kappa shape index (κ1) is 17.0. The van der Waals surface area contributed by atoms with Crippen LogP contribution in [0.25, 0.3) is 6.08 Å². The van der Waals surface area contributed by atoms with Crippen LogP contribution in [0.1, 0.15) is 5.56 Å². The van der Waals surface area contributed by atoms with Gasteiger partial charge in [0.05, 0.1) is 12.2 Å². The molecule has 0 unspecified atom stereocenters. The minimum absolute atomic E-state index is 0.153. The number of fused-ring (bicyclic) bond motifs is 1. The number of amides is 2. The van der Waals surface area contributed by atoms with E-state index in [1.807, 2.05) is 18.2 Å². The third-order valence-electron chi connectivity index (χ3n) is 3.87. The Balaban J connectivity index is 1.84. The lowest BCUT2D eigenvalue weighted by molar-refractivity contribution is -0.127. The normalized spacial score (nSPS) is 16.2. The molecule has 1 aliphatic heterocycles. The monoisotopic (exact) mass is 356 g/mol. The van der Waals surface area contributed by atoms with Gasteiger partial charge < -0.3 is 15.0 Å². The summed E-state index contributed by atoms with van der Waals surface area (Å²) in [6.45, 7) is 0.153. The molecule has 25 heavy (non-hydrogen) atoms. The van der Waals surface area contributed by atoms with Gasteiger partial charge in [-0.3, -0.25) is 9.59 Å². The molecule has 0 aromatic heterocycles. The third kappa shape index (κ3) is 3.83. The van der Waals surface area contributed by atoms with E-state index in [-0.39, 0.29) is 18.4 Å². The fraction of sp³-hybridized carbons (Fsp3) is 0.158. The zero-order chi connectivity index (χ0) is 17.8. The number of hydrogen-bond acceptors (Lipinski definition) is 3. The van der Waals surface area contributed by atoms with E-state index in [0.29, 0.717) is 16.5 Å². The summed E-state index contributed by atoms with van der Waals surface area (Å²) in [5, 5.41) is 3.19. The van der Waals surface area contributed by atoms with Gasteiger partial charge in [-0.2, -0.15) is 0 Å². The van der Waals surface area contributed by atoms with Crippen molar-refractivity contribution in [2.75, 3.05) is 18.5 Å². The second-order valence-corrected chi connectivity index (χ2v) is 5.96. The molecule has 3 rings (SSSR count). The summed E-state index contributed by atoms with van der Waals surface area (Å²) >= 11 is 5.86. The topological polar surface area (TPSA) is 58.6 Å². The zero-order valence-corrected chi connectivity index (χ0v) is 14.4. The number of hydrogen-bond donors (Lipinski definition) is 1. The molecule has 1 aliphatic rings. The first-order chi connectivity index (χ1) is 12.1. The lowest BCUT2D eigenvalue weighted by Gasteiger charge is -2.33. The number of rotatable bonds is 3. The van der Waals surface area contributed by atoms with Crippen LogP contribution in [0.4, 0.5) is 5.69 Å². The van der Waals surface area contributed by atoms with E-state index in [1.165, 1.54) is 6.08 Å². The Kier molecular flexibility index (Phi) is 5.05. The van der Waals surface area contributed by atoms with Crippen molar-refractivity contribution in [2.24, 2.45) is 0 Å². The predicted molar refractivity (Wildman–Crippen MR) is 97.8 cm³/mol. The molecular formula is C19H17ClN2O3. The highest BCUT2D eigenvalue weighted by Crippen LogP contribution is 2.33. The van der Waals surface area contributed by atoms with Gasteiger partial charge in [0.2, 0.25) is 0 Å². The predicted octanol–water partition coefficient (Wildman–Crippen LogP) is 2.89. The van der Waals surface area contributed by atoms with Crippen molar-refractivity contribution in [3.63, 3.8) is 0 Å². The van der Waals surface area contributed by atoms with Crippen LogP contribution in [-0.4, -0.2) is 31.5 Å². The second kappa shape index (κ2) is 7.40. The maximum absolute atomic E-state index is 12.7. The molecule has 0 aliphatic carbocycles. The molecule has 0 saturated heterocycles. The number of ether oxygens (including phenoxy) is 1. The molecule has 0 fully saturated rings. The Morgan fingerprint density at radius 2 is 1.92 bits per heavy atom. The molecule has 0 saturated carbocycles. The van der Waals surface area contributed by atoms with Crippen LogP contribution in [0.15, 0.2) is 54.6 Å². The number of anilines is 1. The van der Waals surface area contributed by atoms with Crippen molar-refractivity contribution in [1.29, 1.82) is 0 Å². The van der Waals surface area contributed by atoms with Gasteiger partial charge >= 0.3 is 0 Å². The van der Waals surface area contributed by atoms with Gasteiger partial charge in [-0.05, 0) is 35.9 Å². The molecular weight excluding hydrogens is 340 g/mol. The van der Waals surface area contributed by atoms with Crippen LogP contribution in [0, 0.1) is 0 Å². The molecule has 5 nitrogen and oxygen atoms in total. The smallest absolute Gasteiger partial charge is 0.262 e. The summed E-state index contributed by atoms with van der Waals surface area (Å²) in [5.41, 5.74) is 1.51. The average Bonchev–Trinajstić information content (AvgIpc) is 2.65. The third-order valence-corrected chi connectivity index (χ3v) is 4.12. The van der Waals surface area contributed by atoms with Crippen LogP contribution in [0.5, 0.6) is 5.75 Å². The summed E-state index contributed by atoms with van der Waals surface area (Å²) in [6, 6.07) is 14.3. The van der Waals surface area contributed by atoms with E-state index in [9.17, 15) is 9.59 Å². The van der Waals surface area contributed by atoms with E-state index < -0.39 is 6.10 Å². The van der Waals surface area contributed by atoms with Gasteiger partial charge in [0.15, 0.2) is 6.10 Å². The summed E-state index contributed by atoms with van der Waals surface area (Å²) in [4.78, 5) is 26.2. The molecule has 128 valence electrons. The second-order valence-electron chi connectivity index (χ2n) is 5.52. The minimum Gasteiger partial charge on any atom is -0.477 e. The SMILES string of the molecule is CNC(=O)[C@H]1CN(C(=O)/C=C/c2ccc(Cl)cc2)c2ccccc2O1. The largest absolute Gasteiger partial charge is 0.477 e. The number of likely N-dealkylation sites (N-methyl/N-ethyl adjacent to an activating group) is 1. The quantitative estimate of drug-likeness (QED) is 0.860. The maximum atomic E-state index is 12.7. The summed E-state index contributed by atoms with van der Waals surface area (Å²) in [6.07, 6.45) is 2.45. The Morgan fingerprint density at radius 1 is 1.20 bits per heavy atom. The van der Waals surface area contributed by atoms with Crippen molar-refractivity contribution in [3.8, 4) is 5.75 Å². The lowest BCUT2D eigenvalue weighted by Crippen LogP contribution is -2.49. The molecule has 1 N–H and O–H groups in total. The van der Waals surface area contributed by atoms with Gasteiger partial charge in [0, 0.05) is 18.1 Å². The fourth-order valence-electron chi connectivity index (χ4n) is 2.57. The van der Waals surface area contributed by atoms with Crippen LogP contribution >= 0.6 is 11.6 Å². The lowest BCUT2D eigenvalue weighted by atomic mass is 10.1. The van der Waals surface area contributed by atoms with Crippen molar-refractivity contribution in [3.05, 3.63) is 65.2 Å². The fourth-order valence-corrected chi connectivity index (χ4v) is 2.70. The Labute approximate surface area is 150 Å². The highest BCUT2D eigenvalue weighted by atomic mass is 35.5. The van der Waals surface area contributed by atoms with Crippen LogP contribution in [0.3, 0.4) is 0 Å². The molecule has 0 radical (unpaired) electrons. The van der Waals surface area contributed by atoms with Crippen LogP contribution < -0.4 is 15.0 Å². The van der Waals surface area contributed by atoms with E-state index in [1.54, 1.807) is 48.4 Å². The number of carbonyl (C=O) groups is 2. The molecule has 1 heterocycles. The molecule has 2 aromatic rings. The highest BCUT2D eigenvalue weighted by molar-refractivity contribution is 6.30. The Hall–Kier alpha value is -2.79. The molecule has 2 aromatic carbocycles. The van der Waals surface area contributed by atoms with Crippen molar-refractivity contribution >= 4 is 35.2 Å². The molecule has 1 atom stereocenters. The molecule has 0 spiro atoms. The zero-order valence-electron chi connectivity index (χ0n) is 13.6. The number of benzene rings is 2. The van der Waals surface area contributed by atoms with Crippen LogP contribution in [-0.2, 0) is 9.59 Å². The molecule has 2 amide bonds. The number of halogens is 1. The first-order valence-electron chi connectivity index (χ1n) is 7.81. The molecule has 0 bridgehead atoms. The van der Waals surface area contributed by atoms with E-state index in [2.05, 4.69) is 5.32 Å².